The molecule has 2 fully saturated rings. The number of aromatic nitrogens is 3. The predicted octanol–water partition coefficient (Wildman–Crippen LogP) is 3.62. The van der Waals surface area contributed by atoms with Gasteiger partial charge in [0.25, 0.3) is 0 Å². The number of hydrogen-bond acceptors (Lipinski definition) is 8. The standard InChI is InChI=1S/C27H25FN6O3S/c1-17-12-33(16-29-17)23-7-4-19(22-10-31-37-25(22)23)8-20-9-27(14-38(35,36)15-27)13-34-24(11-30-32-26(20)34)18-2-5-21(28)6-3-18/h2-8,10,12,16,24,30H,9,11,13-15H2,1H3/b20-8+. The third kappa shape index (κ3) is 3.80. The molecule has 5 heterocycles. The molecule has 3 aliphatic heterocycles. The van der Waals surface area contributed by atoms with E-state index < -0.39 is 9.84 Å². The quantitative estimate of drug-likeness (QED) is 0.430. The van der Waals surface area contributed by atoms with Gasteiger partial charge in [0.2, 0.25) is 0 Å². The van der Waals surface area contributed by atoms with Crippen LogP contribution in [-0.2, 0) is 9.84 Å². The molecule has 11 heteroatoms. The summed E-state index contributed by atoms with van der Waals surface area (Å²) < 4.78 is 45.9. The minimum absolute atomic E-state index is 0.102. The van der Waals surface area contributed by atoms with E-state index in [9.17, 15) is 12.8 Å². The summed E-state index contributed by atoms with van der Waals surface area (Å²) in [5.74, 6) is 0.775. The summed E-state index contributed by atoms with van der Waals surface area (Å²) in [6.07, 6.45) is 8.01. The van der Waals surface area contributed by atoms with E-state index in [1.165, 1.54) is 12.1 Å². The van der Waals surface area contributed by atoms with Gasteiger partial charge in [-0.2, -0.15) is 5.10 Å². The second kappa shape index (κ2) is 8.26. The van der Waals surface area contributed by atoms with Crippen LogP contribution in [0.2, 0.25) is 0 Å². The van der Waals surface area contributed by atoms with Crippen LogP contribution in [0.15, 0.2) is 70.3 Å². The molecule has 2 saturated heterocycles. The molecule has 4 aromatic rings. The molecule has 1 spiro atoms. The van der Waals surface area contributed by atoms with E-state index >= 15 is 0 Å². The summed E-state index contributed by atoms with van der Waals surface area (Å²) in [5.41, 5.74) is 7.94. The number of piperidine rings is 1. The largest absolute Gasteiger partial charge is 0.354 e. The zero-order valence-corrected chi connectivity index (χ0v) is 21.4. The van der Waals surface area contributed by atoms with Crippen molar-refractivity contribution in [1.82, 2.24) is 25.0 Å². The second-order valence-electron chi connectivity index (χ2n) is 10.5. The summed E-state index contributed by atoms with van der Waals surface area (Å²) in [4.78, 5) is 6.50. The Morgan fingerprint density at radius 1 is 1.18 bits per heavy atom. The molecule has 0 bridgehead atoms. The van der Waals surface area contributed by atoms with Gasteiger partial charge in [-0.15, -0.1) is 0 Å². The lowest BCUT2D eigenvalue weighted by molar-refractivity contribution is 0.166. The van der Waals surface area contributed by atoms with E-state index in [0.29, 0.717) is 25.1 Å². The molecule has 194 valence electrons. The van der Waals surface area contributed by atoms with Crippen molar-refractivity contribution < 1.29 is 17.3 Å². The van der Waals surface area contributed by atoms with E-state index in [-0.39, 0.29) is 28.8 Å². The number of nitrogens with one attached hydrogen (secondary N) is 1. The van der Waals surface area contributed by atoms with Crippen LogP contribution in [0.5, 0.6) is 0 Å². The smallest absolute Gasteiger partial charge is 0.191 e. The van der Waals surface area contributed by atoms with Crippen LogP contribution < -0.4 is 5.43 Å². The number of sulfone groups is 1. The average molecular weight is 533 g/mol. The summed E-state index contributed by atoms with van der Waals surface area (Å²) in [6.45, 7) is 3.05. The molecule has 7 rings (SSSR count). The van der Waals surface area contributed by atoms with Crippen LogP contribution in [0.4, 0.5) is 4.39 Å². The van der Waals surface area contributed by atoms with Crippen molar-refractivity contribution >= 4 is 32.7 Å². The van der Waals surface area contributed by atoms with Crippen molar-refractivity contribution in [2.75, 3.05) is 24.6 Å². The number of benzene rings is 2. The Morgan fingerprint density at radius 2 is 2.00 bits per heavy atom. The lowest BCUT2D eigenvalue weighted by Crippen LogP contribution is -2.62. The van der Waals surface area contributed by atoms with Gasteiger partial charge in [-0.05, 0) is 54.3 Å². The molecule has 0 aliphatic carbocycles. The third-order valence-corrected chi connectivity index (χ3v) is 9.74. The first kappa shape index (κ1) is 23.2. The van der Waals surface area contributed by atoms with Crippen LogP contribution in [0.3, 0.4) is 0 Å². The minimum atomic E-state index is -3.06. The Hall–Kier alpha value is -3.99. The highest BCUT2D eigenvalue weighted by molar-refractivity contribution is 7.92. The van der Waals surface area contributed by atoms with E-state index in [1.807, 2.05) is 29.8 Å². The first-order valence-electron chi connectivity index (χ1n) is 12.4. The highest BCUT2D eigenvalue weighted by Crippen LogP contribution is 2.47. The molecule has 3 aliphatic rings. The lowest BCUT2D eigenvalue weighted by Gasteiger charge is -2.52. The predicted molar refractivity (Wildman–Crippen MR) is 141 cm³/mol. The zero-order chi connectivity index (χ0) is 26.1. The van der Waals surface area contributed by atoms with E-state index in [0.717, 1.165) is 39.3 Å². The molecule has 0 amide bonds. The summed E-state index contributed by atoms with van der Waals surface area (Å²) in [7, 11) is -3.06. The molecular formula is C27H25FN6O3S. The Labute approximate surface area is 218 Å². The first-order chi connectivity index (χ1) is 18.3. The highest BCUT2D eigenvalue weighted by Gasteiger charge is 2.54. The number of fused-ring (bicyclic) bond motifs is 2. The number of halogens is 1. The van der Waals surface area contributed by atoms with E-state index in [1.54, 1.807) is 24.7 Å². The molecular weight excluding hydrogens is 507 g/mol. The van der Waals surface area contributed by atoms with Gasteiger partial charge in [-0.3, -0.25) is 0 Å². The Kier molecular flexibility index (Phi) is 5.03. The van der Waals surface area contributed by atoms with Gasteiger partial charge >= 0.3 is 0 Å². The van der Waals surface area contributed by atoms with E-state index in [2.05, 4.69) is 31.6 Å². The van der Waals surface area contributed by atoms with Gasteiger partial charge in [0, 0.05) is 18.2 Å². The number of imidazole rings is 1. The van der Waals surface area contributed by atoms with Crippen molar-refractivity contribution in [1.29, 1.82) is 0 Å². The maximum absolute atomic E-state index is 13.7. The van der Waals surface area contributed by atoms with Crippen molar-refractivity contribution in [3.05, 3.63) is 83.3 Å². The lowest BCUT2D eigenvalue weighted by atomic mass is 9.78. The molecule has 1 unspecified atom stereocenters. The third-order valence-electron chi connectivity index (χ3n) is 7.64. The van der Waals surface area contributed by atoms with Gasteiger partial charge in [0.05, 0.1) is 53.4 Å². The maximum atomic E-state index is 13.7. The fourth-order valence-electron chi connectivity index (χ4n) is 6.09. The van der Waals surface area contributed by atoms with Crippen LogP contribution in [-0.4, -0.2) is 58.5 Å². The molecule has 1 N–H and O–H groups in total. The first-order valence-corrected chi connectivity index (χ1v) is 14.2. The van der Waals surface area contributed by atoms with Gasteiger partial charge < -0.3 is 19.4 Å². The molecule has 2 aromatic heterocycles. The van der Waals surface area contributed by atoms with Gasteiger partial charge in [0.15, 0.2) is 21.3 Å². The maximum Gasteiger partial charge on any atom is 0.191 e. The van der Waals surface area contributed by atoms with Gasteiger partial charge in [-0.1, -0.05) is 23.4 Å². The van der Waals surface area contributed by atoms with Crippen LogP contribution >= 0.6 is 0 Å². The summed E-state index contributed by atoms with van der Waals surface area (Å²) >= 11 is 0. The molecule has 1 atom stereocenters. The Bertz CT molecular complexity index is 1730. The van der Waals surface area contributed by atoms with Gasteiger partial charge in [0.1, 0.15) is 5.82 Å². The zero-order valence-electron chi connectivity index (χ0n) is 20.6. The topological polar surface area (TPSA) is 106 Å². The number of hydrogen-bond donors (Lipinski definition) is 1. The molecule has 0 saturated carbocycles. The van der Waals surface area contributed by atoms with Crippen molar-refractivity contribution in [2.45, 2.75) is 19.4 Å². The van der Waals surface area contributed by atoms with Crippen LogP contribution in [0.25, 0.3) is 22.7 Å². The molecule has 9 nitrogen and oxygen atoms in total. The Morgan fingerprint density at radius 3 is 2.74 bits per heavy atom. The van der Waals surface area contributed by atoms with Crippen LogP contribution in [0, 0.1) is 18.2 Å². The molecule has 38 heavy (non-hydrogen) atoms. The molecule has 0 radical (unpaired) electrons. The number of aryl methyl sites for hydroxylation is 1. The SMILES string of the molecule is Cc1cn(-c2ccc(/C=C3\CC4(CN5C3=NNCC5c3ccc(F)cc3)CS(=O)(=O)C4)c3cnoc23)cn1. The number of amidine groups is 1. The van der Waals surface area contributed by atoms with E-state index in [4.69, 9.17) is 4.52 Å². The fraction of sp³-hybridized carbons (Fsp3) is 0.296. The normalized spacial score (nSPS) is 22.7. The fourth-order valence-corrected chi connectivity index (χ4v) is 8.26. The van der Waals surface area contributed by atoms with Crippen molar-refractivity contribution in [3.63, 3.8) is 0 Å². The van der Waals surface area contributed by atoms with Crippen molar-refractivity contribution in [2.24, 2.45) is 10.5 Å². The van der Waals surface area contributed by atoms with Gasteiger partial charge in [-0.25, -0.2) is 17.8 Å². The van der Waals surface area contributed by atoms with Crippen LogP contribution in [0.1, 0.15) is 29.3 Å². The molecule has 2 aromatic carbocycles. The monoisotopic (exact) mass is 532 g/mol. The summed E-state index contributed by atoms with van der Waals surface area (Å²) in [5, 5.41) is 9.57. The number of hydrazone groups is 1. The minimum Gasteiger partial charge on any atom is -0.354 e. The summed E-state index contributed by atoms with van der Waals surface area (Å²) in [6, 6.07) is 10.3. The number of rotatable bonds is 3. The number of nitrogens with zero attached hydrogens (tertiary/aromatic N) is 5. The average Bonchev–Trinajstić information content (AvgIpc) is 3.53. The van der Waals surface area contributed by atoms with Crippen molar-refractivity contribution in [3.8, 4) is 5.69 Å². The highest BCUT2D eigenvalue weighted by atomic mass is 32.2. The second-order valence-corrected chi connectivity index (χ2v) is 12.6. The Balaban J connectivity index is 1.32.